The third-order valence-electron chi connectivity index (χ3n) is 5.22. The average Bonchev–Trinajstić information content (AvgIpc) is 3.40. The zero-order valence-electron chi connectivity index (χ0n) is 14.2. The van der Waals surface area contributed by atoms with E-state index in [1.807, 2.05) is 0 Å². The topological polar surface area (TPSA) is 81.3 Å². The summed E-state index contributed by atoms with van der Waals surface area (Å²) in [6.07, 6.45) is 8.00. The molecule has 0 bridgehead atoms. The summed E-state index contributed by atoms with van der Waals surface area (Å²) in [7, 11) is 0. The summed E-state index contributed by atoms with van der Waals surface area (Å²) in [5, 5.41) is 12.6. The van der Waals surface area contributed by atoms with Crippen molar-refractivity contribution >= 4 is 0 Å². The van der Waals surface area contributed by atoms with E-state index in [9.17, 15) is 5.11 Å². The Labute approximate surface area is 150 Å². The maximum Gasteiger partial charge on any atom is 0.252 e. The quantitative estimate of drug-likeness (QED) is 0.749. The van der Waals surface area contributed by atoms with Gasteiger partial charge < -0.3 is 14.4 Å². The van der Waals surface area contributed by atoms with E-state index in [1.165, 1.54) is 30.0 Å². The van der Waals surface area contributed by atoms with Crippen LogP contribution in [0.3, 0.4) is 0 Å². The lowest BCUT2D eigenvalue weighted by atomic mass is 9.77. The lowest BCUT2D eigenvalue weighted by Crippen LogP contribution is -2.32. The number of hydrogen-bond donors (Lipinski definition) is 1. The van der Waals surface area contributed by atoms with E-state index in [1.54, 1.807) is 12.4 Å². The number of ether oxygens (including phenoxy) is 1. The van der Waals surface area contributed by atoms with Gasteiger partial charge in [-0.3, -0.25) is 0 Å². The summed E-state index contributed by atoms with van der Waals surface area (Å²) in [5.74, 6) is 2.08. The van der Waals surface area contributed by atoms with Gasteiger partial charge in [0.1, 0.15) is 11.8 Å². The van der Waals surface area contributed by atoms with Crippen LogP contribution in [0, 0.1) is 0 Å². The number of hydrogen-bond acceptors (Lipinski definition) is 6. The van der Waals surface area contributed by atoms with Gasteiger partial charge >= 0.3 is 0 Å². The molecule has 0 saturated heterocycles. The summed E-state index contributed by atoms with van der Waals surface area (Å²) in [5.41, 5.74) is 3.39. The molecule has 1 aromatic carbocycles. The molecule has 3 aromatic rings. The Morgan fingerprint density at radius 1 is 0.962 bits per heavy atom. The van der Waals surface area contributed by atoms with Gasteiger partial charge in [-0.1, -0.05) is 24.3 Å². The highest BCUT2D eigenvalue weighted by atomic mass is 16.5. The van der Waals surface area contributed by atoms with Gasteiger partial charge in [-0.25, -0.2) is 9.97 Å². The van der Waals surface area contributed by atoms with Crippen LogP contribution in [-0.2, 0) is 0 Å². The Balaban J connectivity index is 1.17. The molecule has 0 unspecified atom stereocenters. The van der Waals surface area contributed by atoms with Crippen molar-refractivity contribution in [2.45, 2.75) is 43.6 Å². The lowest BCUT2D eigenvalue weighted by molar-refractivity contribution is 0.0931. The van der Waals surface area contributed by atoms with E-state index in [0.29, 0.717) is 23.3 Å². The maximum atomic E-state index is 9.21. The van der Waals surface area contributed by atoms with E-state index in [2.05, 4.69) is 39.4 Å². The van der Waals surface area contributed by atoms with E-state index >= 15 is 0 Å². The Kier molecular flexibility index (Phi) is 3.62. The smallest absolute Gasteiger partial charge is 0.252 e. The molecule has 2 aromatic heterocycles. The molecule has 0 amide bonds. The molecule has 0 atom stereocenters. The predicted octanol–water partition coefficient (Wildman–Crippen LogP) is 4.04. The molecule has 0 spiro atoms. The van der Waals surface area contributed by atoms with Gasteiger partial charge in [0.05, 0.1) is 18.5 Å². The van der Waals surface area contributed by atoms with Crippen LogP contribution < -0.4 is 4.74 Å². The lowest BCUT2D eigenvalue weighted by Gasteiger charge is -2.35. The van der Waals surface area contributed by atoms with E-state index in [-0.39, 0.29) is 12.0 Å². The molecule has 0 radical (unpaired) electrons. The van der Waals surface area contributed by atoms with Crippen LogP contribution in [0.1, 0.15) is 48.6 Å². The Morgan fingerprint density at radius 2 is 1.69 bits per heavy atom. The zero-order valence-corrected chi connectivity index (χ0v) is 14.2. The van der Waals surface area contributed by atoms with Gasteiger partial charge in [-0.2, -0.15) is 0 Å². The van der Waals surface area contributed by atoms with Gasteiger partial charge in [0.2, 0.25) is 5.88 Å². The van der Waals surface area contributed by atoms with Crippen LogP contribution in [0.5, 0.6) is 11.8 Å². The number of benzene rings is 1. The third kappa shape index (κ3) is 3.03. The van der Waals surface area contributed by atoms with Crippen LogP contribution in [0.2, 0.25) is 0 Å². The van der Waals surface area contributed by atoms with Gasteiger partial charge in [-0.15, -0.1) is 0 Å². The molecule has 2 heterocycles. The van der Waals surface area contributed by atoms with Crippen LogP contribution in [-0.4, -0.2) is 26.3 Å². The summed E-state index contributed by atoms with van der Waals surface area (Å²) < 4.78 is 10.9. The largest absolute Gasteiger partial charge is 0.491 e. The minimum Gasteiger partial charge on any atom is -0.491 e. The van der Waals surface area contributed by atoms with Crippen molar-refractivity contribution in [2.75, 3.05) is 0 Å². The normalized spacial score (nSPS) is 22.0. The van der Waals surface area contributed by atoms with Gasteiger partial charge in [0.25, 0.3) is 5.88 Å². The first-order valence-electron chi connectivity index (χ1n) is 8.99. The summed E-state index contributed by atoms with van der Waals surface area (Å²) in [4.78, 5) is 8.52. The first-order chi connectivity index (χ1) is 12.7. The fourth-order valence-electron chi connectivity index (χ4n) is 3.45. The first kappa shape index (κ1) is 15.4. The Hall–Kier alpha value is -2.89. The van der Waals surface area contributed by atoms with Gasteiger partial charge in [0.15, 0.2) is 5.76 Å². The van der Waals surface area contributed by atoms with Gasteiger partial charge in [-0.05, 0) is 53.8 Å². The molecule has 132 valence electrons. The minimum absolute atomic E-state index is 0.173. The second-order valence-electron chi connectivity index (χ2n) is 7.14. The molecule has 2 aliphatic carbocycles. The van der Waals surface area contributed by atoms with Crippen molar-refractivity contribution in [3.63, 3.8) is 0 Å². The molecule has 0 aliphatic heterocycles. The van der Waals surface area contributed by atoms with Crippen LogP contribution >= 0.6 is 0 Å². The fourth-order valence-corrected chi connectivity index (χ4v) is 3.45. The average molecular weight is 349 g/mol. The van der Waals surface area contributed by atoms with Crippen LogP contribution in [0.4, 0.5) is 0 Å². The van der Waals surface area contributed by atoms with Crippen molar-refractivity contribution in [3.8, 4) is 23.2 Å². The molecule has 6 nitrogen and oxygen atoms in total. The Bertz CT molecular complexity index is 895. The van der Waals surface area contributed by atoms with Crippen LogP contribution in [0.15, 0.2) is 47.2 Å². The first-order valence-corrected chi connectivity index (χ1v) is 8.99. The minimum atomic E-state index is -0.173. The second-order valence-corrected chi connectivity index (χ2v) is 7.14. The molecule has 6 heteroatoms. The summed E-state index contributed by atoms with van der Waals surface area (Å²) in [6.45, 7) is 0. The molecule has 2 fully saturated rings. The van der Waals surface area contributed by atoms with Gasteiger partial charge in [0, 0.05) is 0 Å². The van der Waals surface area contributed by atoms with E-state index < -0.39 is 0 Å². The standard InChI is InChI=1S/C20H19N3O3/c24-19-9-18(26-23-19)17-10-22-20(11-21-17)25-16-7-15(8-16)14-5-3-13(4-6-14)12-1-2-12/h3-6,9-12,15-16H,1-2,7-8H2,(H,23,24)/t15-,16+. The van der Waals surface area contributed by atoms with Crippen molar-refractivity contribution < 1.29 is 14.4 Å². The zero-order chi connectivity index (χ0) is 17.5. The molecule has 1 N–H and O–H groups in total. The highest BCUT2D eigenvalue weighted by Gasteiger charge is 2.32. The molecular weight excluding hydrogens is 330 g/mol. The van der Waals surface area contributed by atoms with E-state index in [4.69, 9.17) is 9.26 Å². The Morgan fingerprint density at radius 3 is 2.27 bits per heavy atom. The molecule has 26 heavy (non-hydrogen) atoms. The highest BCUT2D eigenvalue weighted by molar-refractivity contribution is 5.51. The molecule has 5 rings (SSSR count). The van der Waals surface area contributed by atoms with E-state index in [0.717, 1.165) is 18.8 Å². The predicted molar refractivity (Wildman–Crippen MR) is 94.0 cm³/mol. The van der Waals surface area contributed by atoms with Crippen molar-refractivity contribution in [1.29, 1.82) is 0 Å². The molecule has 2 aliphatic rings. The summed E-state index contributed by atoms with van der Waals surface area (Å²) >= 11 is 0. The van der Waals surface area contributed by atoms with Crippen molar-refractivity contribution in [2.24, 2.45) is 0 Å². The van der Waals surface area contributed by atoms with Crippen molar-refractivity contribution in [3.05, 3.63) is 53.9 Å². The number of nitrogens with zero attached hydrogens (tertiary/aromatic N) is 3. The molecular formula is C20H19N3O3. The second kappa shape index (κ2) is 6.12. The van der Waals surface area contributed by atoms with Crippen molar-refractivity contribution in [1.82, 2.24) is 15.1 Å². The summed E-state index contributed by atoms with van der Waals surface area (Å²) in [6, 6.07) is 10.5. The van der Waals surface area contributed by atoms with Crippen LogP contribution in [0.25, 0.3) is 11.5 Å². The third-order valence-corrected chi connectivity index (χ3v) is 5.22. The highest BCUT2D eigenvalue weighted by Crippen LogP contribution is 2.42. The SMILES string of the molecule is Oc1cc(-c2cnc(O[C@H]3C[C@@H](c4ccc(C5CC5)cc4)C3)cn2)on1. The fraction of sp³-hybridized carbons (Fsp3) is 0.350. The molecule has 2 saturated carbocycles. The number of aromatic nitrogens is 3. The number of aromatic hydroxyl groups is 1. The number of rotatable bonds is 5. The monoisotopic (exact) mass is 349 g/mol. The maximum absolute atomic E-state index is 9.21.